The summed E-state index contributed by atoms with van der Waals surface area (Å²) in [5.74, 6) is -1.81. The first-order valence-corrected chi connectivity index (χ1v) is 17.9. The molecule has 0 unspecified atom stereocenters. The summed E-state index contributed by atoms with van der Waals surface area (Å²) in [6, 6.07) is 0. The van der Waals surface area contributed by atoms with Crippen LogP contribution in [0.3, 0.4) is 0 Å². The Labute approximate surface area is 318 Å². The van der Waals surface area contributed by atoms with Gasteiger partial charge in [-0.3, -0.25) is 0 Å². The number of hydrogen-bond acceptors (Lipinski definition) is 4. The van der Waals surface area contributed by atoms with Crippen LogP contribution in [0.5, 0.6) is 0 Å². The maximum atomic E-state index is 10.2. The van der Waals surface area contributed by atoms with E-state index in [1.54, 1.807) is 0 Å². The average molecular weight is 613 g/mol. The number of carbonyl (C=O) groups is 2. The van der Waals surface area contributed by atoms with Gasteiger partial charge in [0.05, 0.1) is 0 Å². The van der Waals surface area contributed by atoms with Crippen LogP contribution in [0.15, 0.2) is 0 Å². The van der Waals surface area contributed by atoms with Crippen molar-refractivity contribution in [1.29, 1.82) is 0 Å². The maximum absolute atomic E-state index is 10.2. The van der Waals surface area contributed by atoms with Crippen LogP contribution >= 0.6 is 0 Å². The maximum Gasteiger partial charge on any atom is 1.00 e. The molecule has 0 N–H and O–H groups in total. The number of carboxylic acid groups (broad SMARTS) is 2. The predicted octanol–water partition coefficient (Wildman–Crippen LogP) is 4.00. The molecule has 0 aliphatic rings. The Morgan fingerprint density at radius 2 is 0.476 bits per heavy atom. The van der Waals surface area contributed by atoms with Gasteiger partial charge in [0.25, 0.3) is 0 Å². The van der Waals surface area contributed by atoms with E-state index in [1.165, 1.54) is 167 Å². The van der Waals surface area contributed by atoms with Gasteiger partial charge >= 0.3 is 70.2 Å². The van der Waals surface area contributed by atoms with E-state index >= 15 is 0 Å². The number of carboxylic acids is 2. The normalized spacial score (nSPS) is 10.3. The van der Waals surface area contributed by atoms with Crippen LogP contribution in [0.2, 0.25) is 0 Å². The molecule has 0 fully saturated rings. The summed E-state index contributed by atoms with van der Waals surface area (Å²) in [6.45, 7) is 4.53. The third kappa shape index (κ3) is 53.7. The van der Waals surface area contributed by atoms with Crippen LogP contribution in [-0.4, -0.2) is 11.9 Å². The number of rotatable bonds is 32. The molecule has 0 aromatic heterocycles. The van der Waals surface area contributed by atoms with Crippen LogP contribution in [0, 0.1) is 0 Å². The van der Waals surface area contributed by atoms with Crippen LogP contribution in [0.25, 0.3) is 0 Å². The molecule has 0 radical (unpaired) electrons. The molecule has 42 heavy (non-hydrogen) atoms. The van der Waals surface area contributed by atoms with Gasteiger partial charge < -0.3 is 19.8 Å². The van der Waals surface area contributed by atoms with Gasteiger partial charge in [-0.15, -0.1) is 0 Å². The van der Waals surface area contributed by atoms with Crippen molar-refractivity contribution in [1.82, 2.24) is 0 Å². The molecule has 0 amide bonds. The Balaban J connectivity index is -0.000000328. The van der Waals surface area contributed by atoms with E-state index < -0.39 is 11.9 Å². The SMILES string of the molecule is CCCCCCCCCCCCCCCCCC(=O)[O-].CCCCCCCCCCCCCCCCCC(=O)[O-].[K+].[Li+]. The summed E-state index contributed by atoms with van der Waals surface area (Å²) in [7, 11) is 0. The molecule has 0 aromatic carbocycles. The molecule has 0 spiro atoms. The zero-order chi connectivity index (χ0) is 29.8. The molecule has 6 heteroatoms. The first-order chi connectivity index (χ1) is 19.5. The average Bonchev–Trinajstić information content (AvgIpc) is 2.93. The van der Waals surface area contributed by atoms with E-state index in [-0.39, 0.29) is 83.1 Å². The molecule has 0 saturated heterocycles. The van der Waals surface area contributed by atoms with E-state index in [9.17, 15) is 19.8 Å². The number of carbonyl (C=O) groups excluding carboxylic acids is 2. The van der Waals surface area contributed by atoms with Gasteiger partial charge in [0, 0.05) is 11.9 Å². The Kier molecular flexibility index (Phi) is 55.5. The predicted molar refractivity (Wildman–Crippen MR) is 169 cm³/mol. The van der Waals surface area contributed by atoms with Crippen molar-refractivity contribution in [2.75, 3.05) is 0 Å². The number of unbranched alkanes of at least 4 members (excludes halogenated alkanes) is 28. The summed E-state index contributed by atoms with van der Waals surface area (Å²) in [6.07, 6.45) is 39.7. The summed E-state index contributed by atoms with van der Waals surface area (Å²) in [4.78, 5) is 20.4. The molecular weight excluding hydrogens is 542 g/mol. The molecule has 0 aliphatic carbocycles. The van der Waals surface area contributed by atoms with Gasteiger partial charge in [-0.05, 0) is 25.7 Å². The second-order valence-electron chi connectivity index (χ2n) is 12.1. The Morgan fingerprint density at radius 1 is 0.333 bits per heavy atom. The summed E-state index contributed by atoms with van der Waals surface area (Å²) in [5.41, 5.74) is 0. The number of aliphatic carboxylic acids is 2. The molecule has 0 saturated carbocycles. The van der Waals surface area contributed by atoms with Gasteiger partial charge in [-0.1, -0.05) is 194 Å². The molecule has 240 valence electrons. The van der Waals surface area contributed by atoms with Gasteiger partial charge in [0.2, 0.25) is 0 Å². The van der Waals surface area contributed by atoms with Gasteiger partial charge in [0.1, 0.15) is 0 Å². The molecule has 0 rings (SSSR count). The zero-order valence-corrected chi connectivity index (χ0v) is 32.4. The Hall–Kier alpha value is 1.17. The van der Waals surface area contributed by atoms with Crippen molar-refractivity contribution in [2.45, 2.75) is 219 Å². The number of hydrogen-bond donors (Lipinski definition) is 0. The van der Waals surface area contributed by atoms with E-state index in [2.05, 4.69) is 13.8 Å². The fourth-order valence-electron chi connectivity index (χ4n) is 5.28. The quantitative estimate of drug-likeness (QED) is 0.0850. The van der Waals surface area contributed by atoms with Crippen molar-refractivity contribution in [3.05, 3.63) is 0 Å². The van der Waals surface area contributed by atoms with E-state index in [0.717, 1.165) is 25.7 Å². The molecule has 0 heterocycles. The minimum Gasteiger partial charge on any atom is -0.550 e. The standard InChI is InChI=1S/2C18H36O2.K.Li/c2*1-2-3-4-5-6-7-8-9-10-11-12-13-14-15-16-17-18(19)20;;/h2*2-17H2,1H3,(H,19,20);;/q;;2*+1/p-2. The van der Waals surface area contributed by atoms with Crippen molar-refractivity contribution < 1.29 is 90.0 Å². The van der Waals surface area contributed by atoms with Crippen LogP contribution in [0.4, 0.5) is 0 Å². The topological polar surface area (TPSA) is 80.3 Å². The smallest absolute Gasteiger partial charge is 0.550 e. The second kappa shape index (κ2) is 46.6. The first-order valence-electron chi connectivity index (χ1n) is 17.9. The molecular formula is C36H70KLiO4. The Bertz CT molecular complexity index is 461. The third-order valence-electron chi connectivity index (χ3n) is 7.97. The molecule has 4 nitrogen and oxygen atoms in total. The van der Waals surface area contributed by atoms with Crippen LogP contribution in [0.1, 0.15) is 219 Å². The Morgan fingerprint density at radius 3 is 0.619 bits per heavy atom. The second-order valence-corrected chi connectivity index (χ2v) is 12.1. The van der Waals surface area contributed by atoms with E-state index in [0.29, 0.717) is 0 Å². The third-order valence-corrected chi connectivity index (χ3v) is 7.97. The van der Waals surface area contributed by atoms with Crippen molar-refractivity contribution in [2.24, 2.45) is 0 Å². The van der Waals surface area contributed by atoms with Gasteiger partial charge in [-0.25, -0.2) is 0 Å². The molecule has 0 aliphatic heterocycles. The summed E-state index contributed by atoms with van der Waals surface area (Å²) >= 11 is 0. The van der Waals surface area contributed by atoms with Crippen LogP contribution < -0.4 is 80.5 Å². The van der Waals surface area contributed by atoms with E-state index in [4.69, 9.17) is 0 Å². The minimum atomic E-state index is -0.903. The molecule has 0 bridgehead atoms. The fourth-order valence-corrected chi connectivity index (χ4v) is 5.28. The fraction of sp³-hybridized carbons (Fsp3) is 0.944. The summed E-state index contributed by atoms with van der Waals surface area (Å²) < 4.78 is 0. The van der Waals surface area contributed by atoms with Gasteiger partial charge in [-0.2, -0.15) is 0 Å². The minimum absolute atomic E-state index is 0. The van der Waals surface area contributed by atoms with Crippen LogP contribution in [-0.2, 0) is 9.59 Å². The summed E-state index contributed by atoms with van der Waals surface area (Å²) in [5, 5.41) is 20.4. The van der Waals surface area contributed by atoms with Crippen molar-refractivity contribution in [3.63, 3.8) is 0 Å². The largest absolute Gasteiger partial charge is 1.00 e. The van der Waals surface area contributed by atoms with Crippen molar-refractivity contribution >= 4 is 11.9 Å². The van der Waals surface area contributed by atoms with Crippen molar-refractivity contribution in [3.8, 4) is 0 Å². The molecule has 0 atom stereocenters. The zero-order valence-electron chi connectivity index (χ0n) is 29.3. The monoisotopic (exact) mass is 613 g/mol. The molecule has 0 aromatic rings. The van der Waals surface area contributed by atoms with Gasteiger partial charge in [0.15, 0.2) is 0 Å². The van der Waals surface area contributed by atoms with E-state index in [1.807, 2.05) is 0 Å². The first kappa shape index (κ1) is 50.0.